The molecular weight excluding hydrogens is 300 g/mol. The lowest BCUT2D eigenvalue weighted by Crippen LogP contribution is -2.40. The highest BCUT2D eigenvalue weighted by molar-refractivity contribution is 7.91. The molecule has 7 heteroatoms. The van der Waals surface area contributed by atoms with Crippen molar-refractivity contribution in [1.82, 2.24) is 10.6 Å². The van der Waals surface area contributed by atoms with Crippen molar-refractivity contribution in [2.45, 2.75) is 39.2 Å². The highest BCUT2D eigenvalue weighted by Crippen LogP contribution is 2.58. The number of halogens is 1. The topological polar surface area (TPSA) is 75.3 Å². The Balaban J connectivity index is 0.00000200. The first-order valence-corrected chi connectivity index (χ1v) is 8.92. The molecule has 0 aromatic rings. The van der Waals surface area contributed by atoms with Crippen molar-refractivity contribution in [3.05, 3.63) is 0 Å². The van der Waals surface area contributed by atoms with Crippen LogP contribution in [0.4, 0.5) is 0 Å². The number of nitrogens with one attached hydrogen (secondary N) is 2. The van der Waals surface area contributed by atoms with Crippen molar-refractivity contribution in [1.29, 1.82) is 0 Å². The quantitative estimate of drug-likeness (QED) is 0.782. The predicted octanol–water partition coefficient (Wildman–Crippen LogP) is 0.737. The third kappa shape index (κ3) is 4.09. The lowest BCUT2D eigenvalue weighted by atomic mass is 9.91. The van der Waals surface area contributed by atoms with Gasteiger partial charge < -0.3 is 10.6 Å². The molecule has 1 saturated carbocycles. The number of piperidine rings is 1. The monoisotopic (exact) mass is 324 g/mol. The van der Waals surface area contributed by atoms with Gasteiger partial charge in [0.1, 0.15) is 0 Å². The second kappa shape index (κ2) is 6.62. The van der Waals surface area contributed by atoms with Gasteiger partial charge in [-0.25, -0.2) is 8.42 Å². The molecule has 0 aromatic heterocycles. The minimum Gasteiger partial charge on any atom is -0.352 e. The van der Waals surface area contributed by atoms with Crippen molar-refractivity contribution in [3.63, 3.8) is 0 Å². The van der Waals surface area contributed by atoms with Crippen molar-refractivity contribution in [2.75, 3.05) is 24.6 Å². The molecule has 0 radical (unpaired) electrons. The van der Waals surface area contributed by atoms with Gasteiger partial charge in [-0.3, -0.25) is 4.79 Å². The fourth-order valence-electron chi connectivity index (χ4n) is 3.08. The Morgan fingerprint density at radius 2 is 2.00 bits per heavy atom. The van der Waals surface area contributed by atoms with Gasteiger partial charge in [-0.1, -0.05) is 6.92 Å². The number of sulfone groups is 1. The fraction of sp³-hybridized carbons (Fsp3) is 0.923. The molecule has 118 valence electrons. The number of amides is 1. The van der Waals surface area contributed by atoms with E-state index in [-0.39, 0.29) is 47.2 Å². The predicted molar refractivity (Wildman–Crippen MR) is 81.8 cm³/mol. The van der Waals surface area contributed by atoms with Crippen LogP contribution < -0.4 is 10.6 Å². The van der Waals surface area contributed by atoms with Crippen molar-refractivity contribution < 1.29 is 13.2 Å². The molecule has 1 aliphatic carbocycles. The van der Waals surface area contributed by atoms with Crippen molar-refractivity contribution >= 4 is 28.2 Å². The summed E-state index contributed by atoms with van der Waals surface area (Å²) in [4.78, 5) is 12.1. The van der Waals surface area contributed by atoms with Crippen LogP contribution in [0.25, 0.3) is 0 Å². The Hall–Kier alpha value is -0.330. The molecule has 2 fully saturated rings. The minimum atomic E-state index is -3.03. The van der Waals surface area contributed by atoms with Gasteiger partial charge in [0.25, 0.3) is 0 Å². The molecular formula is C13H25ClN2O3S. The second-order valence-electron chi connectivity index (χ2n) is 5.98. The Bertz CT molecular complexity index is 447. The molecule has 2 atom stereocenters. The third-order valence-electron chi connectivity index (χ3n) is 4.44. The van der Waals surface area contributed by atoms with Crippen LogP contribution in [0.2, 0.25) is 0 Å². The van der Waals surface area contributed by atoms with E-state index in [1.54, 1.807) is 13.8 Å². The van der Waals surface area contributed by atoms with Crippen LogP contribution in [-0.4, -0.2) is 45.0 Å². The summed E-state index contributed by atoms with van der Waals surface area (Å²) in [6, 6.07) is -0.295. The van der Waals surface area contributed by atoms with E-state index in [2.05, 4.69) is 10.6 Å². The van der Waals surface area contributed by atoms with Gasteiger partial charge in [0.05, 0.1) is 5.75 Å². The summed E-state index contributed by atoms with van der Waals surface area (Å²) in [5.74, 6) is 0.310. The first-order valence-electron chi connectivity index (χ1n) is 7.10. The zero-order valence-electron chi connectivity index (χ0n) is 12.1. The Morgan fingerprint density at radius 3 is 2.55 bits per heavy atom. The highest BCUT2D eigenvalue weighted by atomic mass is 35.5. The standard InChI is InChI=1S/C13H24N2O3S.ClH/c1-3-19(17,18)9-10(2)15-12(16)11-8-13(11)4-6-14-7-5-13;/h10-11,14H,3-9H2,1-2H3,(H,15,16);1H. The summed E-state index contributed by atoms with van der Waals surface area (Å²) in [5, 5.41) is 6.17. The number of hydrogen-bond acceptors (Lipinski definition) is 4. The molecule has 1 heterocycles. The molecule has 1 spiro atoms. The maximum Gasteiger partial charge on any atom is 0.223 e. The number of hydrogen-bond donors (Lipinski definition) is 2. The lowest BCUT2D eigenvalue weighted by Gasteiger charge is -2.23. The highest BCUT2D eigenvalue weighted by Gasteiger charge is 2.57. The molecule has 0 aromatic carbocycles. The van der Waals surface area contributed by atoms with Gasteiger partial charge in [0, 0.05) is 17.7 Å². The zero-order valence-corrected chi connectivity index (χ0v) is 13.8. The van der Waals surface area contributed by atoms with Gasteiger partial charge in [0.2, 0.25) is 5.91 Å². The summed E-state index contributed by atoms with van der Waals surface area (Å²) in [5.41, 5.74) is 0.207. The van der Waals surface area contributed by atoms with Crippen LogP contribution in [0.5, 0.6) is 0 Å². The van der Waals surface area contributed by atoms with E-state index >= 15 is 0 Å². The van der Waals surface area contributed by atoms with Crippen molar-refractivity contribution in [2.24, 2.45) is 11.3 Å². The molecule has 2 rings (SSSR count). The first-order chi connectivity index (χ1) is 8.88. The zero-order chi connectivity index (χ0) is 14.1. The Morgan fingerprint density at radius 1 is 1.40 bits per heavy atom. The molecule has 5 nitrogen and oxygen atoms in total. The van der Waals surface area contributed by atoms with E-state index in [0.717, 1.165) is 32.4 Å². The average Bonchev–Trinajstić information content (AvgIpc) is 3.03. The SMILES string of the molecule is CCS(=O)(=O)CC(C)NC(=O)C1CC12CCNCC2.Cl. The summed E-state index contributed by atoms with van der Waals surface area (Å²) in [7, 11) is -3.03. The molecule has 1 amide bonds. The molecule has 2 aliphatic rings. The normalized spacial score (nSPS) is 25.6. The molecule has 20 heavy (non-hydrogen) atoms. The van der Waals surface area contributed by atoms with Gasteiger partial charge in [-0.2, -0.15) is 0 Å². The third-order valence-corrected chi connectivity index (χ3v) is 6.33. The molecule has 2 N–H and O–H groups in total. The summed E-state index contributed by atoms with van der Waals surface area (Å²) in [6.07, 6.45) is 3.09. The van der Waals surface area contributed by atoms with Gasteiger partial charge in [-0.15, -0.1) is 12.4 Å². The maximum atomic E-state index is 12.1. The van der Waals surface area contributed by atoms with E-state index in [0.29, 0.717) is 0 Å². The summed E-state index contributed by atoms with van der Waals surface area (Å²) in [6.45, 7) is 5.38. The second-order valence-corrected chi connectivity index (χ2v) is 8.38. The van der Waals surface area contributed by atoms with E-state index in [4.69, 9.17) is 0 Å². The first kappa shape index (κ1) is 17.7. The number of rotatable bonds is 5. The van der Waals surface area contributed by atoms with Gasteiger partial charge in [0.15, 0.2) is 9.84 Å². The molecule has 0 bridgehead atoms. The largest absolute Gasteiger partial charge is 0.352 e. The Labute approximate surface area is 127 Å². The molecule has 1 aliphatic heterocycles. The smallest absolute Gasteiger partial charge is 0.223 e. The fourth-order valence-corrected chi connectivity index (χ4v) is 4.16. The maximum absolute atomic E-state index is 12.1. The van der Waals surface area contributed by atoms with E-state index in [9.17, 15) is 13.2 Å². The van der Waals surface area contributed by atoms with E-state index in [1.165, 1.54) is 0 Å². The van der Waals surface area contributed by atoms with Gasteiger partial charge >= 0.3 is 0 Å². The van der Waals surface area contributed by atoms with Crippen LogP contribution in [0.15, 0.2) is 0 Å². The van der Waals surface area contributed by atoms with E-state index < -0.39 is 9.84 Å². The molecule has 2 unspecified atom stereocenters. The minimum absolute atomic E-state index is 0. The average molecular weight is 325 g/mol. The van der Waals surface area contributed by atoms with E-state index in [1.807, 2.05) is 0 Å². The number of carbonyl (C=O) groups excluding carboxylic acids is 1. The van der Waals surface area contributed by atoms with Crippen molar-refractivity contribution in [3.8, 4) is 0 Å². The van der Waals surface area contributed by atoms with Crippen LogP contribution in [-0.2, 0) is 14.6 Å². The van der Waals surface area contributed by atoms with Crippen LogP contribution >= 0.6 is 12.4 Å². The lowest BCUT2D eigenvalue weighted by molar-refractivity contribution is -0.123. The van der Waals surface area contributed by atoms with Crippen LogP contribution in [0, 0.1) is 11.3 Å². The summed E-state index contributed by atoms with van der Waals surface area (Å²) < 4.78 is 23.0. The Kier molecular flexibility index (Phi) is 5.87. The molecule has 1 saturated heterocycles. The summed E-state index contributed by atoms with van der Waals surface area (Å²) >= 11 is 0. The van der Waals surface area contributed by atoms with Crippen LogP contribution in [0.3, 0.4) is 0 Å². The van der Waals surface area contributed by atoms with Gasteiger partial charge in [-0.05, 0) is 44.7 Å². The number of carbonyl (C=O) groups is 1. The van der Waals surface area contributed by atoms with Crippen LogP contribution in [0.1, 0.15) is 33.1 Å².